The van der Waals surface area contributed by atoms with Crippen LogP contribution in [0.15, 0.2) is 51.5 Å². The van der Waals surface area contributed by atoms with Gasteiger partial charge in [0.15, 0.2) is 10.3 Å². The molecule has 0 aliphatic heterocycles. The average Bonchev–Trinajstić information content (AvgIpc) is 3.06. The molecule has 3 rings (SSSR count). The minimum Gasteiger partial charge on any atom is -0.301 e. The van der Waals surface area contributed by atoms with Gasteiger partial charge in [0.05, 0.1) is 5.75 Å². The van der Waals surface area contributed by atoms with Crippen molar-refractivity contribution >= 4 is 23.5 Å². The first kappa shape index (κ1) is 19.7. The van der Waals surface area contributed by atoms with Crippen LogP contribution in [0.1, 0.15) is 37.7 Å². The molecule has 3 aromatic rings. The molecule has 0 saturated heterocycles. The molecule has 0 spiro atoms. The van der Waals surface area contributed by atoms with Gasteiger partial charge in [-0.05, 0) is 25.5 Å². The van der Waals surface area contributed by atoms with E-state index in [0.717, 1.165) is 22.4 Å². The van der Waals surface area contributed by atoms with Gasteiger partial charge in [-0.1, -0.05) is 61.5 Å². The fraction of sp³-hybridized carbons (Fsp3) is 0.368. The SMILES string of the molecule is CCCCCSc1nnc(CSc2nc(C)cc(=O)[nH]2)n1-c1ccccc1. The molecule has 0 bridgehead atoms. The summed E-state index contributed by atoms with van der Waals surface area (Å²) in [6, 6.07) is 11.6. The molecule has 0 radical (unpaired) electrons. The molecule has 1 aromatic carbocycles. The Hall–Kier alpha value is -2.06. The predicted octanol–water partition coefficient (Wildman–Crippen LogP) is 4.23. The fourth-order valence-corrected chi connectivity index (χ4v) is 4.40. The minimum absolute atomic E-state index is 0.137. The van der Waals surface area contributed by atoms with Gasteiger partial charge in [-0.2, -0.15) is 0 Å². The number of hydrogen-bond donors (Lipinski definition) is 1. The van der Waals surface area contributed by atoms with Crippen LogP contribution in [-0.4, -0.2) is 30.5 Å². The van der Waals surface area contributed by atoms with Crippen molar-refractivity contribution in [1.29, 1.82) is 0 Å². The van der Waals surface area contributed by atoms with E-state index in [4.69, 9.17) is 0 Å². The van der Waals surface area contributed by atoms with Gasteiger partial charge in [0.1, 0.15) is 5.82 Å². The third-order valence-corrected chi connectivity index (χ3v) is 5.76. The Morgan fingerprint density at radius 1 is 1.11 bits per heavy atom. The Labute approximate surface area is 167 Å². The highest BCUT2D eigenvalue weighted by Crippen LogP contribution is 2.26. The number of aryl methyl sites for hydroxylation is 1. The molecule has 0 aliphatic carbocycles. The molecule has 2 aromatic heterocycles. The standard InChI is InChI=1S/C19H23N5OS2/c1-3-4-8-11-26-19-23-22-16(24(19)15-9-6-5-7-10-15)13-27-18-20-14(2)12-17(25)21-18/h5-7,9-10,12H,3-4,8,11,13H2,1-2H3,(H,20,21,25). The highest BCUT2D eigenvalue weighted by atomic mass is 32.2. The van der Waals surface area contributed by atoms with Gasteiger partial charge in [-0.25, -0.2) is 4.98 Å². The van der Waals surface area contributed by atoms with E-state index >= 15 is 0 Å². The minimum atomic E-state index is -0.137. The van der Waals surface area contributed by atoms with Crippen molar-refractivity contribution in [3.8, 4) is 5.69 Å². The second-order valence-electron chi connectivity index (χ2n) is 6.11. The second-order valence-corrected chi connectivity index (χ2v) is 8.13. The lowest BCUT2D eigenvalue weighted by molar-refractivity contribution is 0.775. The highest BCUT2D eigenvalue weighted by Gasteiger charge is 2.15. The quantitative estimate of drug-likeness (QED) is 0.328. The van der Waals surface area contributed by atoms with Crippen molar-refractivity contribution in [3.05, 3.63) is 58.3 Å². The smallest absolute Gasteiger partial charge is 0.251 e. The van der Waals surface area contributed by atoms with E-state index in [1.807, 2.05) is 25.1 Å². The average molecular weight is 402 g/mol. The van der Waals surface area contributed by atoms with Crippen LogP contribution in [0.25, 0.3) is 5.69 Å². The molecular formula is C19H23N5OS2. The number of rotatable bonds is 9. The van der Waals surface area contributed by atoms with Crippen LogP contribution in [0.5, 0.6) is 0 Å². The third-order valence-electron chi connectivity index (χ3n) is 3.88. The summed E-state index contributed by atoms with van der Waals surface area (Å²) < 4.78 is 2.09. The van der Waals surface area contributed by atoms with Crippen LogP contribution in [0, 0.1) is 6.92 Å². The van der Waals surface area contributed by atoms with Gasteiger partial charge in [0.2, 0.25) is 0 Å². The van der Waals surface area contributed by atoms with Crippen LogP contribution in [0.3, 0.4) is 0 Å². The van der Waals surface area contributed by atoms with Gasteiger partial charge < -0.3 is 4.98 Å². The van der Waals surface area contributed by atoms with Crippen molar-refractivity contribution in [2.75, 3.05) is 5.75 Å². The van der Waals surface area contributed by atoms with Crippen LogP contribution in [0.2, 0.25) is 0 Å². The Morgan fingerprint density at radius 2 is 1.93 bits per heavy atom. The zero-order valence-electron chi connectivity index (χ0n) is 15.5. The number of nitrogens with one attached hydrogen (secondary N) is 1. The van der Waals surface area contributed by atoms with E-state index in [2.05, 4.69) is 43.8 Å². The summed E-state index contributed by atoms with van der Waals surface area (Å²) in [7, 11) is 0. The molecule has 2 heterocycles. The van der Waals surface area contributed by atoms with Crippen LogP contribution >= 0.6 is 23.5 Å². The van der Waals surface area contributed by atoms with E-state index in [0.29, 0.717) is 16.6 Å². The number of aromatic amines is 1. The zero-order valence-corrected chi connectivity index (χ0v) is 17.1. The highest BCUT2D eigenvalue weighted by molar-refractivity contribution is 7.99. The lowest BCUT2D eigenvalue weighted by Crippen LogP contribution is -2.08. The summed E-state index contributed by atoms with van der Waals surface area (Å²) in [5.74, 6) is 2.44. The molecule has 0 atom stereocenters. The fourth-order valence-electron chi connectivity index (χ4n) is 2.59. The Bertz CT molecular complexity index is 923. The maximum Gasteiger partial charge on any atom is 0.251 e. The van der Waals surface area contributed by atoms with E-state index in [1.54, 1.807) is 11.8 Å². The van der Waals surface area contributed by atoms with Crippen molar-refractivity contribution in [2.45, 2.75) is 49.2 Å². The van der Waals surface area contributed by atoms with Gasteiger partial charge in [0, 0.05) is 23.2 Å². The van der Waals surface area contributed by atoms with Crippen LogP contribution < -0.4 is 5.56 Å². The van der Waals surface area contributed by atoms with Crippen LogP contribution in [-0.2, 0) is 5.75 Å². The van der Waals surface area contributed by atoms with Gasteiger partial charge >= 0.3 is 0 Å². The lowest BCUT2D eigenvalue weighted by Gasteiger charge is -2.10. The van der Waals surface area contributed by atoms with Crippen molar-refractivity contribution in [2.24, 2.45) is 0 Å². The second kappa shape index (κ2) is 9.75. The number of para-hydroxylation sites is 1. The maximum atomic E-state index is 11.6. The van der Waals surface area contributed by atoms with Gasteiger partial charge in [-0.3, -0.25) is 9.36 Å². The number of benzene rings is 1. The molecule has 142 valence electrons. The normalized spacial score (nSPS) is 11.0. The summed E-state index contributed by atoms with van der Waals surface area (Å²) in [6.45, 7) is 4.02. The molecule has 0 amide bonds. The van der Waals surface area contributed by atoms with E-state index in [1.165, 1.54) is 37.1 Å². The summed E-state index contributed by atoms with van der Waals surface area (Å²) in [4.78, 5) is 18.8. The van der Waals surface area contributed by atoms with E-state index < -0.39 is 0 Å². The van der Waals surface area contributed by atoms with E-state index in [-0.39, 0.29) is 5.56 Å². The Morgan fingerprint density at radius 3 is 2.67 bits per heavy atom. The number of aromatic nitrogens is 5. The van der Waals surface area contributed by atoms with Gasteiger partial charge in [0.25, 0.3) is 5.56 Å². The molecular weight excluding hydrogens is 378 g/mol. The molecule has 6 nitrogen and oxygen atoms in total. The number of H-pyrrole nitrogens is 1. The Balaban J connectivity index is 1.81. The maximum absolute atomic E-state index is 11.6. The molecule has 1 N–H and O–H groups in total. The van der Waals surface area contributed by atoms with Gasteiger partial charge in [-0.15, -0.1) is 10.2 Å². The topological polar surface area (TPSA) is 76.5 Å². The largest absolute Gasteiger partial charge is 0.301 e. The predicted molar refractivity (Wildman–Crippen MR) is 111 cm³/mol. The van der Waals surface area contributed by atoms with Crippen molar-refractivity contribution in [1.82, 2.24) is 24.7 Å². The summed E-state index contributed by atoms with van der Waals surface area (Å²) in [5.41, 5.74) is 1.61. The number of nitrogens with zero attached hydrogens (tertiary/aromatic N) is 4. The summed E-state index contributed by atoms with van der Waals surface area (Å²) in [6.07, 6.45) is 3.60. The monoisotopic (exact) mass is 401 g/mol. The first-order valence-electron chi connectivity index (χ1n) is 9.00. The third kappa shape index (κ3) is 5.46. The summed E-state index contributed by atoms with van der Waals surface area (Å²) >= 11 is 3.19. The molecule has 0 fully saturated rings. The molecule has 27 heavy (non-hydrogen) atoms. The molecule has 0 saturated carbocycles. The molecule has 0 unspecified atom stereocenters. The molecule has 8 heteroatoms. The van der Waals surface area contributed by atoms with E-state index in [9.17, 15) is 4.79 Å². The van der Waals surface area contributed by atoms with Crippen molar-refractivity contribution in [3.63, 3.8) is 0 Å². The number of thioether (sulfide) groups is 2. The first-order chi connectivity index (χ1) is 13.2. The van der Waals surface area contributed by atoms with Crippen LogP contribution in [0.4, 0.5) is 0 Å². The summed E-state index contributed by atoms with van der Waals surface area (Å²) in [5, 5.41) is 10.3. The Kier molecular flexibility index (Phi) is 7.11. The number of hydrogen-bond acceptors (Lipinski definition) is 6. The molecule has 0 aliphatic rings. The zero-order chi connectivity index (χ0) is 19.1. The first-order valence-corrected chi connectivity index (χ1v) is 11.0. The number of unbranched alkanes of at least 4 members (excludes halogenated alkanes) is 2. The van der Waals surface area contributed by atoms with Crippen molar-refractivity contribution < 1.29 is 0 Å². The lowest BCUT2D eigenvalue weighted by atomic mass is 10.3.